The number of aromatic nitrogens is 2. The normalized spacial score (nSPS) is 11.4. The van der Waals surface area contributed by atoms with Crippen molar-refractivity contribution in [3.63, 3.8) is 0 Å². The first-order valence-corrected chi connectivity index (χ1v) is 17.4. The second-order valence-corrected chi connectivity index (χ2v) is 12.1. The van der Waals surface area contributed by atoms with Crippen LogP contribution in [0.3, 0.4) is 0 Å². The minimum Gasteiger partial charge on any atom is -0.350 e. The van der Waals surface area contributed by atoms with Gasteiger partial charge >= 0.3 is 0 Å². The number of unbranched alkanes of at least 4 members (excludes halogenated alkanes) is 18. The highest BCUT2D eigenvalue weighted by Crippen LogP contribution is 2.12. The molecule has 0 radical (unpaired) electrons. The van der Waals surface area contributed by atoms with E-state index in [1.54, 1.807) is 0 Å². The topological polar surface area (TPSA) is 26.2 Å². The second kappa shape index (κ2) is 25.9. The summed E-state index contributed by atoms with van der Waals surface area (Å²) >= 11 is 0. The van der Waals surface area contributed by atoms with Gasteiger partial charge in [-0.05, 0) is 25.0 Å². The smallest absolute Gasteiger partial charge is 0.174 e. The van der Waals surface area contributed by atoms with Gasteiger partial charge in [-0.1, -0.05) is 117 Å². The van der Waals surface area contributed by atoms with E-state index in [-0.39, 0.29) is 0 Å². The molecule has 0 atom stereocenters. The predicted molar refractivity (Wildman–Crippen MR) is 171 cm³/mol. The molecule has 0 unspecified atom stereocenters. The van der Waals surface area contributed by atoms with E-state index in [0.717, 1.165) is 13.1 Å². The lowest BCUT2D eigenvalue weighted by Crippen LogP contribution is -2.33. The molecule has 4 heteroatoms. The maximum absolute atomic E-state index is 5.83. The van der Waals surface area contributed by atoms with Crippen molar-refractivity contribution >= 4 is 0 Å². The summed E-state index contributed by atoms with van der Waals surface area (Å²) in [5.41, 5.74) is 2.41. The number of nitrogens with zero attached hydrogens (tertiary/aromatic N) is 2. The van der Waals surface area contributed by atoms with E-state index >= 15 is 0 Å². The van der Waals surface area contributed by atoms with Crippen LogP contribution in [0, 0.1) is 0 Å². The number of pyridine rings is 2. The van der Waals surface area contributed by atoms with Crippen LogP contribution in [0.15, 0.2) is 49.1 Å². The first kappa shape index (κ1) is 35.4. The molecule has 2 rings (SSSR count). The van der Waals surface area contributed by atoms with Gasteiger partial charge in [-0.3, -0.25) is 0 Å². The lowest BCUT2D eigenvalue weighted by Gasteiger charge is -2.06. The summed E-state index contributed by atoms with van der Waals surface area (Å²) in [4.78, 5) is 0. The van der Waals surface area contributed by atoms with E-state index in [9.17, 15) is 0 Å². The highest BCUT2D eigenvalue weighted by atomic mass is 16.7. The van der Waals surface area contributed by atoms with Gasteiger partial charge < -0.3 is 9.47 Å². The molecule has 0 fully saturated rings. The third-order valence-electron chi connectivity index (χ3n) is 8.08. The van der Waals surface area contributed by atoms with Crippen molar-refractivity contribution in [3.05, 3.63) is 60.2 Å². The molecule has 0 aliphatic rings. The zero-order valence-corrected chi connectivity index (χ0v) is 27.0. The quantitative estimate of drug-likeness (QED) is 0.0580. The lowest BCUT2D eigenvalue weighted by molar-refractivity contribution is -0.698. The van der Waals surface area contributed by atoms with Crippen molar-refractivity contribution in [1.29, 1.82) is 0 Å². The molecule has 0 amide bonds. The molecule has 2 heterocycles. The minimum absolute atomic E-state index is 0.320. The van der Waals surface area contributed by atoms with Gasteiger partial charge in [-0.2, -0.15) is 0 Å². The number of hydrogen-bond acceptors (Lipinski definition) is 2. The SMILES string of the molecule is CCCCCCCCCCCC[n+]1cccc(COCOCc2ccc[n+](CCCCCCCCCCCC)c2)c1. The van der Waals surface area contributed by atoms with Gasteiger partial charge in [-0.15, -0.1) is 0 Å². The number of ether oxygens (including phenoxy) is 2. The average Bonchev–Trinajstić information content (AvgIpc) is 2.99. The van der Waals surface area contributed by atoms with Gasteiger partial charge in [0.2, 0.25) is 0 Å². The Morgan fingerprint density at radius 2 is 0.805 bits per heavy atom. The van der Waals surface area contributed by atoms with Crippen LogP contribution in [0.25, 0.3) is 0 Å². The fourth-order valence-electron chi connectivity index (χ4n) is 5.54. The van der Waals surface area contributed by atoms with E-state index in [1.807, 2.05) is 0 Å². The van der Waals surface area contributed by atoms with Gasteiger partial charge in [0.15, 0.2) is 24.8 Å². The van der Waals surface area contributed by atoms with Gasteiger partial charge in [0.25, 0.3) is 0 Å². The molecule has 0 saturated heterocycles. The summed E-state index contributed by atoms with van der Waals surface area (Å²) in [6, 6.07) is 8.55. The van der Waals surface area contributed by atoms with Crippen molar-refractivity contribution in [2.45, 2.75) is 169 Å². The van der Waals surface area contributed by atoms with Crippen LogP contribution in [-0.4, -0.2) is 6.79 Å². The molecule has 4 nitrogen and oxygen atoms in total. The van der Waals surface area contributed by atoms with Crippen molar-refractivity contribution in [2.24, 2.45) is 0 Å². The Balaban J connectivity index is 1.48. The average molecular weight is 569 g/mol. The number of hydrogen-bond donors (Lipinski definition) is 0. The second-order valence-electron chi connectivity index (χ2n) is 12.1. The van der Waals surface area contributed by atoms with E-state index in [2.05, 4.69) is 72.0 Å². The number of aryl methyl sites for hydroxylation is 2. The standard InChI is InChI=1S/C37H64N2O2/c1-3-5-7-9-11-13-15-17-19-21-27-38-29-23-25-36(31-38)33-40-35-41-34-37-26-24-30-39(32-37)28-22-20-18-16-14-12-10-8-6-4-2/h23-26,29-32H,3-22,27-28,33-35H2,1-2H3/q+2. The highest BCUT2D eigenvalue weighted by molar-refractivity contribution is 5.04. The Bertz CT molecular complexity index is 787. The summed E-state index contributed by atoms with van der Waals surface area (Å²) < 4.78 is 16.3. The zero-order valence-electron chi connectivity index (χ0n) is 27.0. The fraction of sp³-hybridized carbons (Fsp3) is 0.730. The minimum atomic E-state index is 0.320. The molecular formula is C37H64N2O2+2. The molecule has 232 valence electrons. The third kappa shape index (κ3) is 19.9. The Morgan fingerprint density at radius 1 is 0.463 bits per heavy atom. The molecule has 0 bridgehead atoms. The Kier molecular flexibility index (Phi) is 22.4. The summed E-state index contributed by atoms with van der Waals surface area (Å²) in [7, 11) is 0. The van der Waals surface area contributed by atoms with Crippen molar-refractivity contribution in [1.82, 2.24) is 0 Å². The molecule has 2 aromatic heterocycles. The summed E-state index contributed by atoms with van der Waals surface area (Å²) in [6.45, 7) is 8.26. The van der Waals surface area contributed by atoms with Gasteiger partial charge in [0.05, 0.1) is 13.2 Å². The molecule has 0 aliphatic heterocycles. The Labute approximate surface area is 253 Å². The van der Waals surface area contributed by atoms with Crippen LogP contribution in [0.1, 0.15) is 153 Å². The van der Waals surface area contributed by atoms with E-state index in [0.29, 0.717) is 20.0 Å². The molecule has 0 spiro atoms. The predicted octanol–water partition coefficient (Wildman–Crippen LogP) is 9.79. The highest BCUT2D eigenvalue weighted by Gasteiger charge is 2.06. The van der Waals surface area contributed by atoms with Gasteiger partial charge in [0, 0.05) is 36.1 Å². The van der Waals surface area contributed by atoms with Crippen LogP contribution in [-0.2, 0) is 35.8 Å². The van der Waals surface area contributed by atoms with Crippen LogP contribution in [0.2, 0.25) is 0 Å². The molecule has 41 heavy (non-hydrogen) atoms. The first-order valence-electron chi connectivity index (χ1n) is 17.4. The lowest BCUT2D eigenvalue weighted by atomic mass is 10.1. The van der Waals surface area contributed by atoms with Gasteiger partial charge in [-0.25, -0.2) is 9.13 Å². The van der Waals surface area contributed by atoms with Crippen LogP contribution >= 0.6 is 0 Å². The summed E-state index contributed by atoms with van der Waals surface area (Å²) in [5, 5.41) is 0. The Hall–Kier alpha value is -1.78. The summed E-state index contributed by atoms with van der Waals surface area (Å²) in [5.74, 6) is 0. The molecule has 0 aromatic carbocycles. The molecule has 0 N–H and O–H groups in total. The van der Waals surface area contributed by atoms with E-state index in [1.165, 1.54) is 140 Å². The maximum Gasteiger partial charge on any atom is 0.174 e. The van der Waals surface area contributed by atoms with Crippen molar-refractivity contribution in [3.8, 4) is 0 Å². The van der Waals surface area contributed by atoms with Crippen molar-refractivity contribution < 1.29 is 18.6 Å². The van der Waals surface area contributed by atoms with E-state index in [4.69, 9.17) is 9.47 Å². The first-order chi connectivity index (χ1) is 20.3. The zero-order chi connectivity index (χ0) is 29.1. The molecular weight excluding hydrogens is 504 g/mol. The summed E-state index contributed by atoms with van der Waals surface area (Å²) in [6.07, 6.45) is 36.3. The Morgan fingerprint density at radius 3 is 1.17 bits per heavy atom. The molecule has 2 aromatic rings. The largest absolute Gasteiger partial charge is 0.350 e. The van der Waals surface area contributed by atoms with E-state index < -0.39 is 0 Å². The molecule has 0 aliphatic carbocycles. The van der Waals surface area contributed by atoms with Crippen LogP contribution in [0.5, 0.6) is 0 Å². The van der Waals surface area contributed by atoms with Crippen LogP contribution in [0.4, 0.5) is 0 Å². The third-order valence-corrected chi connectivity index (χ3v) is 8.08. The van der Waals surface area contributed by atoms with Crippen molar-refractivity contribution in [2.75, 3.05) is 6.79 Å². The monoisotopic (exact) mass is 568 g/mol. The van der Waals surface area contributed by atoms with Crippen LogP contribution < -0.4 is 9.13 Å². The van der Waals surface area contributed by atoms with Gasteiger partial charge in [0.1, 0.15) is 19.9 Å². The molecule has 0 saturated carbocycles. The number of rotatable bonds is 28. The fourth-order valence-corrected chi connectivity index (χ4v) is 5.54. The maximum atomic E-state index is 5.83.